The number of benzene rings is 1. The molecule has 0 aliphatic carbocycles. The molecule has 1 atom stereocenters. The van der Waals surface area contributed by atoms with Crippen molar-refractivity contribution in [3.63, 3.8) is 0 Å². The van der Waals surface area contributed by atoms with E-state index in [1.54, 1.807) is 12.1 Å². The van der Waals surface area contributed by atoms with E-state index < -0.39 is 5.97 Å². The fraction of sp³-hybridized carbons (Fsp3) is 0.312. The molecular weight excluding hydrogens is 254 g/mol. The first kappa shape index (κ1) is 14.2. The van der Waals surface area contributed by atoms with Gasteiger partial charge in [-0.3, -0.25) is 0 Å². The van der Waals surface area contributed by atoms with Gasteiger partial charge in [-0.1, -0.05) is 19.1 Å². The Bertz CT molecular complexity index is 589. The number of esters is 1. The number of anilines is 1. The molecule has 0 radical (unpaired) electrons. The van der Waals surface area contributed by atoms with Crippen molar-refractivity contribution in [2.75, 3.05) is 12.4 Å². The standard InChI is InChI=1S/C16H19NO3/c1-4-12-6-5-7-13(10-12)17-11(2)14-8-9-15(20-14)16(18)19-3/h5-11,17H,4H2,1-3H3. The number of carbonyl (C=O) groups excluding carboxylic acids is 1. The van der Waals surface area contributed by atoms with Gasteiger partial charge in [-0.05, 0) is 43.2 Å². The zero-order valence-corrected chi connectivity index (χ0v) is 12.0. The number of aryl methyl sites for hydroxylation is 1. The summed E-state index contributed by atoms with van der Waals surface area (Å²) in [4.78, 5) is 11.4. The van der Waals surface area contributed by atoms with E-state index in [1.165, 1.54) is 12.7 Å². The first-order valence-corrected chi connectivity index (χ1v) is 6.67. The molecule has 20 heavy (non-hydrogen) atoms. The Morgan fingerprint density at radius 2 is 2.15 bits per heavy atom. The number of hydrogen-bond donors (Lipinski definition) is 1. The fourth-order valence-electron chi connectivity index (χ4n) is 2.00. The average Bonchev–Trinajstić information content (AvgIpc) is 2.96. The second-order valence-electron chi connectivity index (χ2n) is 4.61. The molecule has 4 nitrogen and oxygen atoms in total. The molecule has 1 aromatic carbocycles. The third kappa shape index (κ3) is 3.20. The zero-order valence-electron chi connectivity index (χ0n) is 12.0. The van der Waals surface area contributed by atoms with E-state index in [9.17, 15) is 4.79 Å². The van der Waals surface area contributed by atoms with Crippen LogP contribution in [0, 0.1) is 0 Å². The predicted octanol–water partition coefficient (Wildman–Crippen LogP) is 3.80. The smallest absolute Gasteiger partial charge is 0.373 e. The molecule has 1 aromatic heterocycles. The summed E-state index contributed by atoms with van der Waals surface area (Å²) in [5, 5.41) is 3.36. The normalized spacial score (nSPS) is 11.9. The van der Waals surface area contributed by atoms with Crippen LogP contribution in [-0.4, -0.2) is 13.1 Å². The Kier molecular flexibility index (Phi) is 4.45. The van der Waals surface area contributed by atoms with Crippen LogP contribution in [0.15, 0.2) is 40.8 Å². The lowest BCUT2D eigenvalue weighted by Gasteiger charge is -2.13. The topological polar surface area (TPSA) is 51.5 Å². The monoisotopic (exact) mass is 273 g/mol. The van der Waals surface area contributed by atoms with Crippen LogP contribution in [0.5, 0.6) is 0 Å². The van der Waals surface area contributed by atoms with Gasteiger partial charge in [-0.25, -0.2) is 4.79 Å². The van der Waals surface area contributed by atoms with Crippen LogP contribution in [-0.2, 0) is 11.2 Å². The Labute approximate surface area is 118 Å². The fourth-order valence-corrected chi connectivity index (χ4v) is 2.00. The molecule has 0 fully saturated rings. The third-order valence-corrected chi connectivity index (χ3v) is 3.16. The van der Waals surface area contributed by atoms with Gasteiger partial charge >= 0.3 is 5.97 Å². The van der Waals surface area contributed by atoms with Crippen LogP contribution in [0.3, 0.4) is 0 Å². The second-order valence-corrected chi connectivity index (χ2v) is 4.61. The zero-order chi connectivity index (χ0) is 14.5. The van der Waals surface area contributed by atoms with Gasteiger partial charge in [0.2, 0.25) is 5.76 Å². The summed E-state index contributed by atoms with van der Waals surface area (Å²) in [5.74, 6) is 0.460. The van der Waals surface area contributed by atoms with Crippen molar-refractivity contribution in [2.45, 2.75) is 26.3 Å². The highest BCUT2D eigenvalue weighted by molar-refractivity contribution is 5.86. The maximum absolute atomic E-state index is 11.4. The van der Waals surface area contributed by atoms with Crippen molar-refractivity contribution >= 4 is 11.7 Å². The summed E-state index contributed by atoms with van der Waals surface area (Å²) < 4.78 is 10.1. The van der Waals surface area contributed by atoms with Crippen molar-refractivity contribution in [3.05, 3.63) is 53.5 Å². The molecule has 0 amide bonds. The summed E-state index contributed by atoms with van der Waals surface area (Å²) >= 11 is 0. The highest BCUT2D eigenvalue weighted by Gasteiger charge is 2.15. The van der Waals surface area contributed by atoms with Crippen LogP contribution >= 0.6 is 0 Å². The highest BCUT2D eigenvalue weighted by atomic mass is 16.5. The van der Waals surface area contributed by atoms with E-state index in [0.29, 0.717) is 5.76 Å². The third-order valence-electron chi connectivity index (χ3n) is 3.16. The highest BCUT2D eigenvalue weighted by Crippen LogP contribution is 2.22. The Morgan fingerprint density at radius 1 is 1.35 bits per heavy atom. The summed E-state index contributed by atoms with van der Waals surface area (Å²) in [6, 6.07) is 11.6. The van der Waals surface area contributed by atoms with E-state index in [2.05, 4.69) is 29.1 Å². The second kappa shape index (κ2) is 6.28. The average molecular weight is 273 g/mol. The SMILES string of the molecule is CCc1cccc(NC(C)c2ccc(C(=O)OC)o2)c1. The number of carbonyl (C=O) groups is 1. The minimum Gasteiger partial charge on any atom is -0.463 e. The first-order valence-electron chi connectivity index (χ1n) is 6.67. The molecule has 0 saturated heterocycles. The molecule has 0 saturated carbocycles. The van der Waals surface area contributed by atoms with Gasteiger partial charge in [-0.15, -0.1) is 0 Å². The molecule has 0 bridgehead atoms. The molecule has 4 heteroatoms. The number of ether oxygens (including phenoxy) is 1. The van der Waals surface area contributed by atoms with Crippen LogP contribution in [0.1, 0.15) is 41.8 Å². The lowest BCUT2D eigenvalue weighted by molar-refractivity contribution is 0.0562. The van der Waals surface area contributed by atoms with Gasteiger partial charge in [0, 0.05) is 5.69 Å². The van der Waals surface area contributed by atoms with Crippen LogP contribution in [0.2, 0.25) is 0 Å². The molecule has 0 spiro atoms. The maximum Gasteiger partial charge on any atom is 0.373 e. The van der Waals surface area contributed by atoms with Gasteiger partial charge in [0.05, 0.1) is 13.2 Å². The number of rotatable bonds is 5. The lowest BCUT2D eigenvalue weighted by atomic mass is 10.1. The van der Waals surface area contributed by atoms with E-state index >= 15 is 0 Å². The number of furan rings is 1. The molecule has 1 N–H and O–H groups in total. The summed E-state index contributed by atoms with van der Waals surface area (Å²) in [6.45, 7) is 4.11. The van der Waals surface area contributed by atoms with Crippen molar-refractivity contribution in [3.8, 4) is 0 Å². The van der Waals surface area contributed by atoms with E-state index in [0.717, 1.165) is 12.1 Å². The van der Waals surface area contributed by atoms with Crippen LogP contribution < -0.4 is 5.32 Å². The quantitative estimate of drug-likeness (QED) is 0.842. The molecule has 1 heterocycles. The molecule has 1 unspecified atom stereocenters. The molecule has 2 rings (SSSR count). The summed E-state index contributed by atoms with van der Waals surface area (Å²) in [7, 11) is 1.34. The van der Waals surface area contributed by atoms with E-state index in [4.69, 9.17) is 4.42 Å². The van der Waals surface area contributed by atoms with Crippen LogP contribution in [0.4, 0.5) is 5.69 Å². The predicted molar refractivity (Wildman–Crippen MR) is 77.9 cm³/mol. The van der Waals surface area contributed by atoms with Crippen molar-refractivity contribution < 1.29 is 13.9 Å². The van der Waals surface area contributed by atoms with Gasteiger partial charge in [0.1, 0.15) is 5.76 Å². The Balaban J connectivity index is 2.09. The first-order chi connectivity index (χ1) is 9.63. The number of nitrogens with one attached hydrogen (secondary N) is 1. The minimum absolute atomic E-state index is 0.0273. The Hall–Kier alpha value is -2.23. The molecule has 0 aliphatic heterocycles. The van der Waals surface area contributed by atoms with Gasteiger partial charge in [0.25, 0.3) is 0 Å². The van der Waals surface area contributed by atoms with Crippen LogP contribution in [0.25, 0.3) is 0 Å². The van der Waals surface area contributed by atoms with Crippen molar-refractivity contribution in [1.82, 2.24) is 0 Å². The number of hydrogen-bond acceptors (Lipinski definition) is 4. The minimum atomic E-state index is -0.462. The van der Waals surface area contributed by atoms with Gasteiger partial charge < -0.3 is 14.5 Å². The summed E-state index contributed by atoms with van der Waals surface area (Å²) in [6.07, 6.45) is 0.997. The molecular formula is C16H19NO3. The lowest BCUT2D eigenvalue weighted by Crippen LogP contribution is -2.06. The maximum atomic E-state index is 11.4. The Morgan fingerprint density at radius 3 is 2.85 bits per heavy atom. The summed E-state index contributed by atoms with van der Waals surface area (Å²) in [5.41, 5.74) is 2.31. The van der Waals surface area contributed by atoms with Crippen molar-refractivity contribution in [1.29, 1.82) is 0 Å². The number of methoxy groups -OCH3 is 1. The van der Waals surface area contributed by atoms with E-state index in [1.807, 2.05) is 19.1 Å². The molecule has 0 aliphatic rings. The molecule has 106 valence electrons. The van der Waals surface area contributed by atoms with Gasteiger partial charge in [-0.2, -0.15) is 0 Å². The largest absolute Gasteiger partial charge is 0.463 e. The van der Waals surface area contributed by atoms with Crippen molar-refractivity contribution in [2.24, 2.45) is 0 Å². The van der Waals surface area contributed by atoms with Gasteiger partial charge in [0.15, 0.2) is 0 Å². The van der Waals surface area contributed by atoms with E-state index in [-0.39, 0.29) is 11.8 Å². The molecule has 2 aromatic rings.